The second kappa shape index (κ2) is 19.5. The predicted molar refractivity (Wildman–Crippen MR) is 252 cm³/mol. The van der Waals surface area contributed by atoms with E-state index in [4.69, 9.17) is 14.2 Å². The minimum absolute atomic E-state index is 0.0450. The van der Waals surface area contributed by atoms with Crippen LogP contribution < -0.4 is 29.8 Å². The molecule has 3 aliphatic heterocycles. The highest BCUT2D eigenvalue weighted by atomic mass is 28.3. The minimum atomic E-state index is -2.52. The average molecular weight is 918 g/mol. The number of anilines is 3. The minimum Gasteiger partial charge on any atom is -0.497 e. The van der Waals surface area contributed by atoms with E-state index in [1.165, 1.54) is 12.1 Å². The number of nitrogens with one attached hydrogen (secondary N) is 1. The number of nitrogens with zero attached hydrogens (tertiary/aromatic N) is 6. The molecule has 3 N–H and O–H groups in total. The molecule has 2 amide bonds. The smallest absolute Gasteiger partial charge is 0.269 e. The Labute approximate surface area is 385 Å². The highest BCUT2D eigenvalue weighted by Gasteiger charge is 2.66. The molecular weight excluding hydrogens is 859 g/mol. The Balaban J connectivity index is 1.13. The number of rotatable bonds is 19. The van der Waals surface area contributed by atoms with Crippen molar-refractivity contribution in [1.29, 1.82) is 0 Å². The van der Waals surface area contributed by atoms with Gasteiger partial charge in [-0.2, -0.15) is 0 Å². The highest BCUT2D eigenvalue weighted by Crippen LogP contribution is 2.60. The maximum Gasteiger partial charge on any atom is 0.269 e. The van der Waals surface area contributed by atoms with Crippen LogP contribution in [0.4, 0.5) is 22.7 Å². The summed E-state index contributed by atoms with van der Waals surface area (Å²) in [6.45, 7) is 10.3. The average Bonchev–Trinajstić information content (AvgIpc) is 3.97. The highest BCUT2D eigenvalue weighted by molar-refractivity contribution is 6.91. The lowest BCUT2D eigenvalue weighted by Gasteiger charge is -2.37. The third kappa shape index (κ3) is 8.73. The Morgan fingerprint density at radius 2 is 1.71 bits per heavy atom. The van der Waals surface area contributed by atoms with Gasteiger partial charge in [0.2, 0.25) is 5.91 Å². The number of nitro groups is 1. The molecule has 5 aromatic rings. The van der Waals surface area contributed by atoms with Crippen LogP contribution in [0.25, 0.3) is 0 Å². The van der Waals surface area contributed by atoms with E-state index in [1.54, 1.807) is 27.7 Å². The van der Waals surface area contributed by atoms with Gasteiger partial charge in [0.15, 0.2) is 5.60 Å². The molecule has 1 spiro atoms. The number of non-ortho nitro benzene ring substituents is 1. The Kier molecular flexibility index (Phi) is 13.7. The standard InChI is InChI=1S/C49H59N7O9Si/c1-6-64-39-16-20-43-34(27-39)28-42(50-23-7-8-25-57)47(59)55(43)36-11-9-33(10-12-36)30-54-44-19-13-37(56(61)62)29-41(44)49(48(54)60)32(2)46(66(4,5)40-17-14-38(63-3)15-18-40)45(65-49)21-24-53-31-35(22-26-58)51-52-53/h9-20,27,29,31-32,42,45-46,50,57-58H,6-8,21-26,28,30H2,1-5H3/t32-,42?,45+,46-,49+/m0/s1. The number of carbonyl (C=O) groups excluding carboxylic acids is 2. The van der Waals surface area contributed by atoms with E-state index in [0.717, 1.165) is 39.9 Å². The van der Waals surface area contributed by atoms with E-state index in [2.05, 4.69) is 47.8 Å². The topological polar surface area (TPSA) is 195 Å². The summed E-state index contributed by atoms with van der Waals surface area (Å²) in [6, 6.07) is 25.6. The molecule has 66 heavy (non-hydrogen) atoms. The first-order valence-corrected chi connectivity index (χ1v) is 25.9. The number of nitro benzene ring substituents is 1. The van der Waals surface area contributed by atoms with Crippen molar-refractivity contribution >= 4 is 47.8 Å². The molecule has 0 saturated carbocycles. The Morgan fingerprint density at radius 3 is 2.41 bits per heavy atom. The van der Waals surface area contributed by atoms with Gasteiger partial charge in [0.1, 0.15) is 11.5 Å². The van der Waals surface area contributed by atoms with Gasteiger partial charge in [-0.1, -0.05) is 54.7 Å². The van der Waals surface area contributed by atoms with Gasteiger partial charge in [-0.25, -0.2) is 0 Å². The number of ether oxygens (including phenoxy) is 3. The molecule has 4 heterocycles. The van der Waals surface area contributed by atoms with Crippen molar-refractivity contribution in [2.24, 2.45) is 5.92 Å². The zero-order valence-electron chi connectivity index (χ0n) is 38.2. The van der Waals surface area contributed by atoms with Gasteiger partial charge in [0.05, 0.1) is 62.5 Å². The van der Waals surface area contributed by atoms with Gasteiger partial charge in [-0.3, -0.25) is 29.3 Å². The lowest BCUT2D eigenvalue weighted by Crippen LogP contribution is -2.51. The van der Waals surface area contributed by atoms with Crippen molar-refractivity contribution in [1.82, 2.24) is 20.3 Å². The second-order valence-corrected chi connectivity index (χ2v) is 22.6. The summed E-state index contributed by atoms with van der Waals surface area (Å²) in [7, 11) is -0.893. The lowest BCUT2D eigenvalue weighted by atomic mass is 9.82. The van der Waals surface area contributed by atoms with Crippen molar-refractivity contribution in [3.05, 3.63) is 124 Å². The van der Waals surface area contributed by atoms with Gasteiger partial charge in [0.25, 0.3) is 11.6 Å². The van der Waals surface area contributed by atoms with Crippen LogP contribution in [0.1, 0.15) is 55.5 Å². The number of fused-ring (bicyclic) bond motifs is 3. The number of aliphatic hydroxyl groups is 2. The van der Waals surface area contributed by atoms with Crippen molar-refractivity contribution < 1.29 is 38.9 Å². The van der Waals surface area contributed by atoms with E-state index >= 15 is 4.79 Å². The van der Waals surface area contributed by atoms with Crippen LogP contribution in [-0.4, -0.2) is 95.6 Å². The maximum absolute atomic E-state index is 15.5. The van der Waals surface area contributed by atoms with Gasteiger partial charge in [0, 0.05) is 61.7 Å². The number of carbonyl (C=O) groups is 2. The second-order valence-electron chi connectivity index (χ2n) is 17.9. The number of hydrogen-bond acceptors (Lipinski definition) is 12. The number of hydrogen-bond donors (Lipinski definition) is 3. The first kappa shape index (κ1) is 46.5. The summed E-state index contributed by atoms with van der Waals surface area (Å²) < 4.78 is 20.3. The van der Waals surface area contributed by atoms with E-state index in [-0.39, 0.29) is 42.8 Å². The molecule has 0 radical (unpaired) electrons. The molecule has 0 bridgehead atoms. The van der Waals surface area contributed by atoms with Crippen molar-refractivity contribution in [2.45, 2.75) is 95.4 Å². The number of aliphatic hydroxyl groups excluding tert-OH is 2. The number of methoxy groups -OCH3 is 1. The number of amides is 2. The largest absolute Gasteiger partial charge is 0.497 e. The first-order chi connectivity index (χ1) is 31.8. The van der Waals surface area contributed by atoms with E-state index in [9.17, 15) is 25.1 Å². The molecule has 8 rings (SSSR count). The summed E-state index contributed by atoms with van der Waals surface area (Å²) in [4.78, 5) is 45.0. The molecular formula is C49H59N7O9Si. The summed E-state index contributed by atoms with van der Waals surface area (Å²) in [5.74, 6) is 0.691. The predicted octanol–water partition coefficient (Wildman–Crippen LogP) is 5.93. The molecule has 1 aromatic heterocycles. The zero-order valence-corrected chi connectivity index (χ0v) is 39.2. The lowest BCUT2D eigenvalue weighted by molar-refractivity contribution is -0.385. The SMILES string of the molecule is CCOc1ccc2c(c1)CC(NCCCCO)C(=O)N2c1ccc(CN2C(=O)[C@]3(O[C@H](CCn4cc(CCO)nn4)[C@@H]([Si](C)(C)c4ccc(OC)cc4)[C@@H]3C)c3cc([N+](=O)[O-])ccc32)cc1. The summed E-state index contributed by atoms with van der Waals surface area (Å²) in [5, 5.41) is 44.2. The number of aryl methyl sites for hydroxylation is 1. The third-order valence-corrected chi connectivity index (χ3v) is 18.0. The van der Waals surface area contributed by atoms with E-state index < -0.39 is 36.7 Å². The fourth-order valence-corrected chi connectivity index (χ4v) is 14.5. The molecule has 1 saturated heterocycles. The molecule has 0 aliphatic carbocycles. The van der Waals surface area contributed by atoms with E-state index in [0.29, 0.717) is 68.0 Å². The number of unbranched alkanes of at least 4 members (excludes halogenated alkanes) is 1. The van der Waals surface area contributed by atoms with Crippen molar-refractivity contribution in [2.75, 3.05) is 43.3 Å². The molecule has 1 unspecified atom stereocenters. The normalized spacial score (nSPS) is 21.4. The zero-order chi connectivity index (χ0) is 46.8. The quantitative estimate of drug-likeness (QED) is 0.0383. The van der Waals surface area contributed by atoms with Gasteiger partial charge in [-0.05, 0) is 104 Å². The molecule has 4 aromatic carbocycles. The van der Waals surface area contributed by atoms with Crippen LogP contribution in [0, 0.1) is 16.0 Å². The summed E-state index contributed by atoms with van der Waals surface area (Å²) in [6.07, 6.45) is 4.12. The summed E-state index contributed by atoms with van der Waals surface area (Å²) >= 11 is 0. The molecule has 348 valence electrons. The van der Waals surface area contributed by atoms with Crippen LogP contribution in [0.15, 0.2) is 91.1 Å². The Morgan fingerprint density at radius 1 is 0.970 bits per heavy atom. The monoisotopic (exact) mass is 917 g/mol. The molecule has 17 heteroatoms. The Hall–Kier alpha value is -5.98. The van der Waals surface area contributed by atoms with E-state index in [1.807, 2.05) is 67.7 Å². The molecule has 16 nitrogen and oxygen atoms in total. The van der Waals surface area contributed by atoms with Crippen LogP contribution >= 0.6 is 0 Å². The number of benzene rings is 4. The van der Waals surface area contributed by atoms with Crippen molar-refractivity contribution in [3.8, 4) is 11.5 Å². The van der Waals surface area contributed by atoms with Crippen LogP contribution in [0.2, 0.25) is 18.6 Å². The van der Waals surface area contributed by atoms with Crippen LogP contribution in [0.5, 0.6) is 11.5 Å². The fourth-order valence-electron chi connectivity index (χ4n) is 10.4. The Bertz CT molecular complexity index is 2550. The summed E-state index contributed by atoms with van der Waals surface area (Å²) in [5.41, 5.74) is 3.11. The van der Waals surface area contributed by atoms with Crippen LogP contribution in [-0.2, 0) is 45.9 Å². The first-order valence-electron chi connectivity index (χ1n) is 22.8. The molecule has 1 fully saturated rings. The number of aromatic nitrogens is 3. The molecule has 5 atom stereocenters. The van der Waals surface area contributed by atoms with Crippen molar-refractivity contribution in [3.63, 3.8) is 0 Å². The maximum atomic E-state index is 15.5. The third-order valence-electron chi connectivity index (χ3n) is 13.7. The van der Waals surface area contributed by atoms with Gasteiger partial charge >= 0.3 is 0 Å². The van der Waals surface area contributed by atoms with Gasteiger partial charge < -0.3 is 34.6 Å². The van der Waals surface area contributed by atoms with Gasteiger partial charge in [-0.15, -0.1) is 5.10 Å². The fraction of sp³-hybridized carbons (Fsp3) is 0.429. The van der Waals surface area contributed by atoms with Crippen LogP contribution in [0.3, 0.4) is 0 Å². The molecule has 3 aliphatic rings.